The Kier molecular flexibility index (Phi) is 13.2. The van der Waals surface area contributed by atoms with Crippen LogP contribution in [0.2, 0.25) is 0 Å². The zero-order valence-electron chi connectivity index (χ0n) is 27.4. The largest absolute Gasteiger partial charge is 0.465 e. The van der Waals surface area contributed by atoms with Gasteiger partial charge in [0.1, 0.15) is 25.2 Å². The van der Waals surface area contributed by atoms with E-state index in [0.29, 0.717) is 32.2 Å². The SMILES string of the molecule is CCOC(=O)[C@H]1C[C@H]2CCN(C(=O)CNC(=O)OCc3ccccc3)C[C@@H]2N1C(=O)[C@@H](C)N[C@H](CCc1ccccc1)C(=O)OCC. The molecule has 2 fully saturated rings. The molecule has 0 aliphatic carbocycles. The number of hydrogen-bond acceptors (Lipinski definition) is 9. The summed E-state index contributed by atoms with van der Waals surface area (Å²) in [6, 6.07) is 16.1. The predicted octanol–water partition coefficient (Wildman–Crippen LogP) is 2.84. The standard InChI is InChI=1S/C35H46N4O8/c1-4-45-33(42)28(17-16-25-12-8-6-9-13-25)37-24(3)32(41)39-29(34(43)46-5-2)20-27-18-19-38(22-30(27)39)31(40)21-36-35(44)47-23-26-14-10-7-11-15-26/h6-15,24,27-30,37H,4-5,16-23H2,1-3H3,(H,36,44)/t24-,27-,28-,29-,30+/m1/s1. The molecule has 3 amide bonds. The van der Waals surface area contributed by atoms with E-state index in [0.717, 1.165) is 11.1 Å². The minimum atomic E-state index is -0.831. The Balaban J connectivity index is 1.41. The fourth-order valence-electron chi connectivity index (χ4n) is 6.29. The van der Waals surface area contributed by atoms with E-state index in [-0.39, 0.29) is 50.6 Å². The Labute approximate surface area is 276 Å². The Bertz CT molecular complexity index is 1360. The van der Waals surface area contributed by atoms with E-state index in [2.05, 4.69) is 10.6 Å². The van der Waals surface area contributed by atoms with Gasteiger partial charge in [-0.25, -0.2) is 9.59 Å². The van der Waals surface area contributed by atoms with Crippen LogP contribution in [-0.4, -0.2) is 96.7 Å². The van der Waals surface area contributed by atoms with Crippen molar-refractivity contribution in [1.82, 2.24) is 20.4 Å². The summed E-state index contributed by atoms with van der Waals surface area (Å²) in [4.78, 5) is 68.7. The van der Waals surface area contributed by atoms with Crippen molar-refractivity contribution in [2.24, 2.45) is 5.92 Å². The first-order valence-corrected chi connectivity index (χ1v) is 16.4. The second-order valence-electron chi connectivity index (χ2n) is 11.8. The third-order valence-corrected chi connectivity index (χ3v) is 8.66. The number of aryl methyl sites for hydroxylation is 1. The van der Waals surface area contributed by atoms with Crippen LogP contribution >= 0.6 is 0 Å². The fraction of sp³-hybridized carbons (Fsp3) is 0.514. The number of carbonyl (C=O) groups is 5. The highest BCUT2D eigenvalue weighted by atomic mass is 16.5. The molecule has 2 aliphatic heterocycles. The molecule has 12 heteroatoms. The molecule has 2 heterocycles. The van der Waals surface area contributed by atoms with Crippen molar-refractivity contribution in [2.75, 3.05) is 32.8 Å². The van der Waals surface area contributed by atoms with Crippen LogP contribution in [0.1, 0.15) is 51.2 Å². The van der Waals surface area contributed by atoms with Gasteiger partial charge >= 0.3 is 18.0 Å². The average Bonchev–Trinajstić information content (AvgIpc) is 3.47. The number of piperidine rings is 1. The lowest BCUT2D eigenvalue weighted by Gasteiger charge is -2.40. The van der Waals surface area contributed by atoms with Crippen LogP contribution < -0.4 is 10.6 Å². The van der Waals surface area contributed by atoms with E-state index in [9.17, 15) is 24.0 Å². The molecule has 2 saturated heterocycles. The van der Waals surface area contributed by atoms with E-state index in [1.807, 2.05) is 60.7 Å². The van der Waals surface area contributed by atoms with Crippen LogP contribution in [0.25, 0.3) is 0 Å². The summed E-state index contributed by atoms with van der Waals surface area (Å²) in [6.45, 7) is 5.93. The van der Waals surface area contributed by atoms with Gasteiger partial charge in [-0.1, -0.05) is 60.7 Å². The molecule has 2 aromatic rings. The third-order valence-electron chi connectivity index (χ3n) is 8.66. The monoisotopic (exact) mass is 650 g/mol. The fourth-order valence-corrected chi connectivity index (χ4v) is 6.29. The molecule has 5 atom stereocenters. The predicted molar refractivity (Wildman–Crippen MR) is 173 cm³/mol. The summed E-state index contributed by atoms with van der Waals surface area (Å²) >= 11 is 0. The maximum Gasteiger partial charge on any atom is 0.407 e. The van der Waals surface area contributed by atoms with Crippen molar-refractivity contribution < 1.29 is 38.2 Å². The number of nitrogens with zero attached hydrogens (tertiary/aromatic N) is 2. The van der Waals surface area contributed by atoms with E-state index in [4.69, 9.17) is 14.2 Å². The first kappa shape index (κ1) is 35.4. The number of hydrogen-bond donors (Lipinski definition) is 2. The minimum absolute atomic E-state index is 0.0210. The highest BCUT2D eigenvalue weighted by molar-refractivity contribution is 5.89. The third kappa shape index (κ3) is 9.77. The van der Waals surface area contributed by atoms with Crippen LogP contribution in [0, 0.1) is 5.92 Å². The number of esters is 2. The van der Waals surface area contributed by atoms with E-state index in [1.54, 1.807) is 30.6 Å². The van der Waals surface area contributed by atoms with Crippen molar-refractivity contribution >= 4 is 29.8 Å². The summed E-state index contributed by atoms with van der Waals surface area (Å²) < 4.78 is 15.9. The number of likely N-dealkylation sites (tertiary alicyclic amines) is 2. The van der Waals surface area contributed by atoms with Gasteiger partial charge in [-0.2, -0.15) is 0 Å². The van der Waals surface area contributed by atoms with Gasteiger partial charge in [0.05, 0.1) is 25.3 Å². The first-order chi connectivity index (χ1) is 22.7. The number of rotatable bonds is 14. The van der Waals surface area contributed by atoms with Crippen LogP contribution in [0.15, 0.2) is 60.7 Å². The van der Waals surface area contributed by atoms with Gasteiger partial charge in [0, 0.05) is 13.1 Å². The number of amides is 3. The van der Waals surface area contributed by atoms with Gasteiger partial charge in [-0.15, -0.1) is 0 Å². The molecule has 0 unspecified atom stereocenters. The van der Waals surface area contributed by atoms with Gasteiger partial charge in [0.15, 0.2) is 0 Å². The number of carbonyl (C=O) groups excluding carboxylic acids is 5. The van der Waals surface area contributed by atoms with Crippen LogP contribution in [0.5, 0.6) is 0 Å². The average molecular weight is 651 g/mol. The summed E-state index contributed by atoms with van der Waals surface area (Å²) in [5, 5.41) is 5.68. The van der Waals surface area contributed by atoms with Gasteiger partial charge in [0.2, 0.25) is 11.8 Å². The van der Waals surface area contributed by atoms with Crippen LogP contribution in [0.3, 0.4) is 0 Å². The summed E-state index contributed by atoms with van der Waals surface area (Å²) in [5.74, 6) is -1.64. The smallest absolute Gasteiger partial charge is 0.407 e. The number of alkyl carbamates (subject to hydrolysis) is 1. The molecule has 4 rings (SSSR count). The number of nitrogens with one attached hydrogen (secondary N) is 2. The van der Waals surface area contributed by atoms with Crippen molar-refractivity contribution in [3.05, 3.63) is 71.8 Å². The second-order valence-corrected chi connectivity index (χ2v) is 11.8. The molecule has 2 aromatic carbocycles. The quantitative estimate of drug-likeness (QED) is 0.233. The lowest BCUT2D eigenvalue weighted by molar-refractivity contribution is -0.156. The number of ether oxygens (including phenoxy) is 3. The zero-order valence-corrected chi connectivity index (χ0v) is 27.4. The molecule has 2 aliphatic rings. The first-order valence-electron chi connectivity index (χ1n) is 16.4. The van der Waals surface area contributed by atoms with Gasteiger partial charge < -0.3 is 29.3 Å². The lowest BCUT2D eigenvalue weighted by atomic mass is 9.91. The molecule has 12 nitrogen and oxygen atoms in total. The highest BCUT2D eigenvalue weighted by Crippen LogP contribution is 2.37. The Morgan fingerprint density at radius 1 is 0.894 bits per heavy atom. The van der Waals surface area contributed by atoms with Crippen LogP contribution in [0.4, 0.5) is 4.79 Å². The molecular formula is C35H46N4O8. The topological polar surface area (TPSA) is 144 Å². The molecular weight excluding hydrogens is 604 g/mol. The molecule has 0 radical (unpaired) electrons. The van der Waals surface area contributed by atoms with Crippen LogP contribution in [-0.2, 0) is 46.4 Å². The van der Waals surface area contributed by atoms with Crippen molar-refractivity contribution in [3.8, 4) is 0 Å². The summed E-state index contributed by atoms with van der Waals surface area (Å²) in [7, 11) is 0. The van der Waals surface area contributed by atoms with Crippen molar-refractivity contribution in [3.63, 3.8) is 0 Å². The Morgan fingerprint density at radius 2 is 1.55 bits per heavy atom. The molecule has 254 valence electrons. The van der Waals surface area contributed by atoms with Gasteiger partial charge in [-0.3, -0.25) is 19.7 Å². The number of fused-ring (bicyclic) bond motifs is 1. The number of benzene rings is 2. The molecule has 47 heavy (non-hydrogen) atoms. The maximum atomic E-state index is 14.1. The summed E-state index contributed by atoms with van der Waals surface area (Å²) in [6.07, 6.45) is 1.31. The summed E-state index contributed by atoms with van der Waals surface area (Å²) in [5.41, 5.74) is 1.88. The second kappa shape index (κ2) is 17.5. The zero-order chi connectivity index (χ0) is 33.8. The molecule has 0 bridgehead atoms. The van der Waals surface area contributed by atoms with Crippen molar-refractivity contribution in [1.29, 1.82) is 0 Å². The molecule has 2 N–H and O–H groups in total. The van der Waals surface area contributed by atoms with Gasteiger partial charge in [0.25, 0.3) is 0 Å². The maximum absolute atomic E-state index is 14.1. The minimum Gasteiger partial charge on any atom is -0.465 e. The normalized spacial score (nSPS) is 20.0. The highest BCUT2D eigenvalue weighted by Gasteiger charge is 2.51. The van der Waals surface area contributed by atoms with Crippen molar-refractivity contribution in [2.45, 2.75) is 77.2 Å². The lowest BCUT2D eigenvalue weighted by Crippen LogP contribution is -2.59. The molecule has 0 spiro atoms. The van der Waals surface area contributed by atoms with E-state index < -0.39 is 42.2 Å². The molecule has 0 aromatic heterocycles. The van der Waals surface area contributed by atoms with E-state index >= 15 is 0 Å². The molecule has 0 saturated carbocycles. The van der Waals surface area contributed by atoms with Gasteiger partial charge in [-0.05, 0) is 63.5 Å². The Morgan fingerprint density at radius 3 is 2.21 bits per heavy atom. The van der Waals surface area contributed by atoms with E-state index in [1.165, 1.54) is 0 Å². The Hall–Kier alpha value is -4.45.